The third kappa shape index (κ3) is 4.90. The molecule has 0 spiro atoms. The lowest BCUT2D eigenvalue weighted by molar-refractivity contribution is 0.135. The number of nitrogens with zero attached hydrogens (tertiary/aromatic N) is 1. The molecule has 0 aromatic heterocycles. The van der Waals surface area contributed by atoms with Gasteiger partial charge in [-0.25, -0.2) is 8.42 Å². The quantitative estimate of drug-likeness (QED) is 0.574. The van der Waals surface area contributed by atoms with E-state index in [2.05, 4.69) is 0 Å². The van der Waals surface area contributed by atoms with Crippen molar-refractivity contribution in [1.29, 1.82) is 0 Å². The lowest BCUT2D eigenvalue weighted by atomic mass is 10.6. The van der Waals surface area contributed by atoms with E-state index in [1.54, 1.807) is 6.92 Å². The second kappa shape index (κ2) is 7.17. The molecule has 0 aromatic rings. The number of likely N-dealkylation sites (N-methyl/N-ethyl adjacent to an activating group) is 1. The molecular formula is C8H19NO4S. The van der Waals surface area contributed by atoms with Gasteiger partial charge in [0.1, 0.15) is 0 Å². The van der Waals surface area contributed by atoms with Crippen LogP contribution in [0.15, 0.2) is 0 Å². The second-order valence-electron chi connectivity index (χ2n) is 2.73. The normalized spacial score (nSPS) is 12.3. The van der Waals surface area contributed by atoms with Gasteiger partial charge in [-0.05, 0) is 6.92 Å². The molecule has 0 aliphatic heterocycles. The van der Waals surface area contributed by atoms with E-state index in [1.165, 1.54) is 4.31 Å². The van der Waals surface area contributed by atoms with Crippen LogP contribution < -0.4 is 0 Å². The number of aliphatic hydroxyl groups is 1. The van der Waals surface area contributed by atoms with Crippen molar-refractivity contribution in [2.45, 2.75) is 13.8 Å². The van der Waals surface area contributed by atoms with Gasteiger partial charge in [0.2, 0.25) is 10.0 Å². The van der Waals surface area contributed by atoms with Crippen LogP contribution in [0.1, 0.15) is 13.8 Å². The van der Waals surface area contributed by atoms with Gasteiger partial charge >= 0.3 is 0 Å². The first-order valence-corrected chi connectivity index (χ1v) is 6.35. The zero-order valence-corrected chi connectivity index (χ0v) is 9.59. The first kappa shape index (κ1) is 13.8. The van der Waals surface area contributed by atoms with Crippen molar-refractivity contribution < 1.29 is 18.3 Å². The summed E-state index contributed by atoms with van der Waals surface area (Å²) in [6.45, 7) is 5.03. The number of ether oxygens (including phenoxy) is 1. The Labute approximate surface area is 85.7 Å². The maximum Gasteiger partial charge on any atom is 0.216 e. The molecule has 0 fully saturated rings. The molecule has 0 atom stereocenters. The maximum absolute atomic E-state index is 11.5. The summed E-state index contributed by atoms with van der Waals surface area (Å²) in [7, 11) is -3.30. The Hall–Kier alpha value is -0.170. The summed E-state index contributed by atoms with van der Waals surface area (Å²) in [6.07, 6.45) is 0. The van der Waals surface area contributed by atoms with Crippen LogP contribution in [-0.2, 0) is 14.8 Å². The number of hydrogen-bond donors (Lipinski definition) is 1. The Balaban J connectivity index is 4.11. The molecule has 0 saturated heterocycles. The van der Waals surface area contributed by atoms with Crippen LogP contribution in [0, 0.1) is 0 Å². The van der Waals surface area contributed by atoms with Crippen LogP contribution >= 0.6 is 0 Å². The van der Waals surface area contributed by atoms with Crippen molar-refractivity contribution >= 4 is 10.0 Å². The molecule has 0 aliphatic carbocycles. The zero-order chi connectivity index (χ0) is 11.0. The van der Waals surface area contributed by atoms with E-state index in [-0.39, 0.29) is 12.4 Å². The van der Waals surface area contributed by atoms with Crippen molar-refractivity contribution in [1.82, 2.24) is 4.31 Å². The van der Waals surface area contributed by atoms with E-state index in [0.717, 1.165) is 0 Å². The molecule has 0 aromatic carbocycles. The van der Waals surface area contributed by atoms with Gasteiger partial charge in [-0.15, -0.1) is 0 Å². The van der Waals surface area contributed by atoms with Crippen molar-refractivity contribution in [3.05, 3.63) is 0 Å². The van der Waals surface area contributed by atoms with Gasteiger partial charge in [0.15, 0.2) is 0 Å². The summed E-state index contributed by atoms with van der Waals surface area (Å²) in [5.41, 5.74) is 0. The molecule has 6 heteroatoms. The largest absolute Gasteiger partial charge is 0.395 e. The Kier molecular flexibility index (Phi) is 7.08. The fraction of sp³-hybridized carbons (Fsp3) is 1.00. The highest BCUT2D eigenvalue weighted by atomic mass is 32.2. The van der Waals surface area contributed by atoms with E-state index < -0.39 is 10.0 Å². The SMILES string of the molecule is CCOCCN(CC)S(=O)(=O)CCO. The number of hydrogen-bond acceptors (Lipinski definition) is 4. The Morgan fingerprint density at radius 1 is 1.36 bits per heavy atom. The van der Waals surface area contributed by atoms with Crippen molar-refractivity contribution in [3.63, 3.8) is 0 Å². The van der Waals surface area contributed by atoms with Crippen LogP contribution in [0.4, 0.5) is 0 Å². The smallest absolute Gasteiger partial charge is 0.216 e. The lowest BCUT2D eigenvalue weighted by Gasteiger charge is -2.19. The van der Waals surface area contributed by atoms with Gasteiger partial charge < -0.3 is 9.84 Å². The molecule has 86 valence electrons. The molecule has 0 saturated carbocycles. The molecule has 0 rings (SSSR count). The summed E-state index contributed by atoms with van der Waals surface area (Å²) in [5, 5.41) is 8.58. The van der Waals surface area contributed by atoms with E-state index in [0.29, 0.717) is 26.3 Å². The fourth-order valence-corrected chi connectivity index (χ4v) is 2.28. The first-order valence-electron chi connectivity index (χ1n) is 4.74. The average Bonchev–Trinajstić information content (AvgIpc) is 2.12. The topological polar surface area (TPSA) is 66.8 Å². The number of sulfonamides is 1. The van der Waals surface area contributed by atoms with Crippen LogP contribution in [-0.4, -0.2) is 56.5 Å². The second-order valence-corrected chi connectivity index (χ2v) is 4.82. The third-order valence-corrected chi connectivity index (χ3v) is 3.71. The standard InChI is InChI=1S/C8H19NO4S/c1-3-9(5-7-13-4-2)14(11,12)8-6-10/h10H,3-8H2,1-2H3. The van der Waals surface area contributed by atoms with Gasteiger partial charge in [-0.2, -0.15) is 4.31 Å². The zero-order valence-electron chi connectivity index (χ0n) is 8.77. The molecule has 14 heavy (non-hydrogen) atoms. The molecule has 1 N–H and O–H groups in total. The summed E-state index contributed by atoms with van der Waals surface area (Å²) >= 11 is 0. The summed E-state index contributed by atoms with van der Waals surface area (Å²) in [5.74, 6) is -0.215. The maximum atomic E-state index is 11.5. The van der Waals surface area contributed by atoms with E-state index in [4.69, 9.17) is 9.84 Å². The van der Waals surface area contributed by atoms with Gasteiger partial charge in [-0.1, -0.05) is 6.92 Å². The fourth-order valence-electron chi connectivity index (χ4n) is 1.05. The summed E-state index contributed by atoms with van der Waals surface area (Å²) in [6, 6.07) is 0. The highest BCUT2D eigenvalue weighted by molar-refractivity contribution is 7.89. The monoisotopic (exact) mass is 225 g/mol. The average molecular weight is 225 g/mol. The molecule has 5 nitrogen and oxygen atoms in total. The Bertz CT molecular complexity index is 227. The molecule has 0 amide bonds. The minimum absolute atomic E-state index is 0.215. The van der Waals surface area contributed by atoms with Crippen molar-refractivity contribution in [2.24, 2.45) is 0 Å². The Morgan fingerprint density at radius 3 is 2.43 bits per heavy atom. The minimum Gasteiger partial charge on any atom is -0.395 e. The van der Waals surface area contributed by atoms with Gasteiger partial charge in [0, 0.05) is 19.7 Å². The van der Waals surface area contributed by atoms with E-state index in [1.807, 2.05) is 6.92 Å². The minimum atomic E-state index is -3.30. The lowest BCUT2D eigenvalue weighted by Crippen LogP contribution is -2.36. The molecule has 0 radical (unpaired) electrons. The van der Waals surface area contributed by atoms with E-state index in [9.17, 15) is 8.42 Å². The van der Waals surface area contributed by atoms with Gasteiger partial charge in [0.05, 0.1) is 19.0 Å². The molecule has 0 aliphatic rings. The summed E-state index contributed by atoms with van der Waals surface area (Å²) < 4.78 is 29.3. The number of rotatable bonds is 8. The highest BCUT2D eigenvalue weighted by Crippen LogP contribution is 2.00. The molecule has 0 bridgehead atoms. The van der Waals surface area contributed by atoms with Gasteiger partial charge in [-0.3, -0.25) is 0 Å². The highest BCUT2D eigenvalue weighted by Gasteiger charge is 2.18. The predicted molar refractivity (Wildman–Crippen MR) is 54.6 cm³/mol. The summed E-state index contributed by atoms with van der Waals surface area (Å²) in [4.78, 5) is 0. The van der Waals surface area contributed by atoms with Crippen molar-refractivity contribution in [2.75, 3.05) is 38.7 Å². The molecular weight excluding hydrogens is 206 g/mol. The van der Waals surface area contributed by atoms with Crippen LogP contribution in [0.2, 0.25) is 0 Å². The predicted octanol–water partition coefficient (Wildman–Crippen LogP) is -0.333. The van der Waals surface area contributed by atoms with Crippen molar-refractivity contribution in [3.8, 4) is 0 Å². The van der Waals surface area contributed by atoms with Crippen LogP contribution in [0.5, 0.6) is 0 Å². The molecule has 0 unspecified atom stereocenters. The first-order chi connectivity index (χ1) is 6.58. The Morgan fingerprint density at radius 2 is 2.00 bits per heavy atom. The van der Waals surface area contributed by atoms with Crippen LogP contribution in [0.3, 0.4) is 0 Å². The third-order valence-electron chi connectivity index (χ3n) is 1.78. The van der Waals surface area contributed by atoms with E-state index >= 15 is 0 Å². The number of aliphatic hydroxyl groups excluding tert-OH is 1. The molecule has 0 heterocycles. The van der Waals surface area contributed by atoms with Crippen LogP contribution in [0.25, 0.3) is 0 Å². The van der Waals surface area contributed by atoms with Gasteiger partial charge in [0.25, 0.3) is 0 Å².